The van der Waals surface area contributed by atoms with Crippen LogP contribution in [0.1, 0.15) is 10.4 Å². The molecule has 0 radical (unpaired) electrons. The number of thiocarbonyl (C=S) groups is 1. The fraction of sp³-hybridized carbons (Fsp3) is 0.160. The number of nitro groups is 1. The van der Waals surface area contributed by atoms with Gasteiger partial charge in [-0.15, -0.1) is 0 Å². The van der Waals surface area contributed by atoms with Crippen LogP contribution in [0, 0.1) is 10.1 Å². The Hall–Kier alpha value is -4.55. The number of oxazole rings is 1. The van der Waals surface area contributed by atoms with E-state index in [-0.39, 0.29) is 28.0 Å². The Kier molecular flexibility index (Phi) is 6.66. The number of benzene rings is 3. The summed E-state index contributed by atoms with van der Waals surface area (Å²) >= 11 is 5.23. The van der Waals surface area contributed by atoms with E-state index in [2.05, 4.69) is 15.6 Å². The number of para-hydroxylation sites is 2. The second-order valence-electron chi connectivity index (χ2n) is 8.19. The smallest absolute Gasteiger partial charge is 0.293 e. The van der Waals surface area contributed by atoms with Crippen LogP contribution in [0.15, 0.2) is 65.1 Å². The van der Waals surface area contributed by atoms with Gasteiger partial charge in [0.1, 0.15) is 17.0 Å². The number of fused-ring (bicyclic) bond motifs is 1. The predicted octanol–water partition coefficient (Wildman–Crippen LogP) is 4.07. The summed E-state index contributed by atoms with van der Waals surface area (Å²) in [5.41, 5.74) is 2.42. The maximum atomic E-state index is 12.7. The molecule has 3 N–H and O–H groups in total. The summed E-state index contributed by atoms with van der Waals surface area (Å²) in [5.74, 6) is -0.440. The highest BCUT2D eigenvalue weighted by molar-refractivity contribution is 7.80. The molecule has 0 saturated carbocycles. The van der Waals surface area contributed by atoms with Crippen molar-refractivity contribution in [3.63, 3.8) is 0 Å². The lowest BCUT2D eigenvalue weighted by atomic mass is 10.1. The Morgan fingerprint density at radius 3 is 2.62 bits per heavy atom. The topological polar surface area (TPSA) is 143 Å². The number of nitro benzene ring substituents is 1. The second-order valence-corrected chi connectivity index (χ2v) is 8.60. The Labute approximate surface area is 215 Å². The van der Waals surface area contributed by atoms with Crippen molar-refractivity contribution < 1.29 is 24.0 Å². The molecular formula is C25H21N5O6S. The fourth-order valence-corrected chi connectivity index (χ4v) is 4.21. The highest BCUT2D eigenvalue weighted by Crippen LogP contribution is 2.33. The average Bonchev–Trinajstić information content (AvgIpc) is 3.32. The van der Waals surface area contributed by atoms with E-state index in [0.29, 0.717) is 54.3 Å². The molecule has 188 valence electrons. The number of phenols is 1. The number of amides is 1. The molecular weight excluding hydrogens is 498 g/mol. The van der Waals surface area contributed by atoms with Crippen LogP contribution in [0.3, 0.4) is 0 Å². The molecule has 1 amide bonds. The molecule has 0 spiro atoms. The number of carbonyl (C=O) groups is 1. The summed E-state index contributed by atoms with van der Waals surface area (Å²) in [6.07, 6.45) is 0. The van der Waals surface area contributed by atoms with Gasteiger partial charge in [0.2, 0.25) is 5.89 Å². The molecule has 2 heterocycles. The molecule has 0 atom stereocenters. The highest BCUT2D eigenvalue weighted by Gasteiger charge is 2.23. The summed E-state index contributed by atoms with van der Waals surface area (Å²) in [4.78, 5) is 30.1. The van der Waals surface area contributed by atoms with Gasteiger partial charge in [-0.2, -0.15) is 0 Å². The second kappa shape index (κ2) is 10.2. The maximum absolute atomic E-state index is 12.7. The molecule has 4 aromatic rings. The van der Waals surface area contributed by atoms with Crippen molar-refractivity contribution in [3.8, 4) is 17.2 Å². The van der Waals surface area contributed by atoms with Gasteiger partial charge in [-0.1, -0.05) is 12.1 Å². The molecule has 12 heteroatoms. The van der Waals surface area contributed by atoms with Gasteiger partial charge in [-0.25, -0.2) is 4.98 Å². The minimum atomic E-state index is -0.610. The van der Waals surface area contributed by atoms with Crippen LogP contribution in [-0.4, -0.2) is 52.3 Å². The summed E-state index contributed by atoms with van der Waals surface area (Å²) in [6, 6.07) is 16.2. The predicted molar refractivity (Wildman–Crippen MR) is 141 cm³/mol. The third-order valence-corrected chi connectivity index (χ3v) is 6.00. The van der Waals surface area contributed by atoms with Crippen LogP contribution in [0.4, 0.5) is 17.1 Å². The zero-order valence-electron chi connectivity index (χ0n) is 19.3. The summed E-state index contributed by atoms with van der Waals surface area (Å²) < 4.78 is 11.0. The standard InChI is InChI=1S/C25H21N5O6S/c31-21-14-16(6-7-17(21)24-27-18-3-1-2-4-22(18)36-24)26-25(37)28-23(32)15-5-8-19(20(13-15)30(33)34)29-9-11-35-12-10-29/h1-8,13-14,31H,9-12H2,(H2,26,28,32,37). The number of ether oxygens (including phenoxy) is 1. The molecule has 3 aromatic carbocycles. The van der Waals surface area contributed by atoms with Gasteiger partial charge in [0, 0.05) is 36.5 Å². The van der Waals surface area contributed by atoms with E-state index in [4.69, 9.17) is 21.4 Å². The van der Waals surface area contributed by atoms with Crippen molar-refractivity contribution in [2.45, 2.75) is 0 Å². The summed E-state index contributed by atoms with van der Waals surface area (Å²) in [7, 11) is 0. The van der Waals surface area contributed by atoms with Gasteiger partial charge < -0.3 is 24.5 Å². The number of aromatic hydroxyl groups is 1. The van der Waals surface area contributed by atoms with E-state index in [9.17, 15) is 20.0 Å². The molecule has 1 aliphatic heterocycles. The van der Waals surface area contributed by atoms with Crippen molar-refractivity contribution in [1.29, 1.82) is 0 Å². The van der Waals surface area contributed by atoms with Gasteiger partial charge >= 0.3 is 0 Å². The lowest BCUT2D eigenvalue weighted by Crippen LogP contribution is -2.37. The van der Waals surface area contributed by atoms with Crippen LogP contribution < -0.4 is 15.5 Å². The summed E-state index contributed by atoms with van der Waals surface area (Å²) in [6.45, 7) is 2.01. The molecule has 37 heavy (non-hydrogen) atoms. The van der Waals surface area contributed by atoms with Crippen LogP contribution in [-0.2, 0) is 4.74 Å². The Morgan fingerprint density at radius 2 is 1.89 bits per heavy atom. The SMILES string of the molecule is O=C(NC(=S)Nc1ccc(-c2nc3ccccc3o2)c(O)c1)c1ccc(N2CCOCC2)c([N+](=O)[O-])c1. The van der Waals surface area contributed by atoms with Crippen LogP contribution >= 0.6 is 12.2 Å². The van der Waals surface area contributed by atoms with Crippen molar-refractivity contribution >= 4 is 51.4 Å². The van der Waals surface area contributed by atoms with Crippen molar-refractivity contribution in [2.24, 2.45) is 0 Å². The maximum Gasteiger partial charge on any atom is 0.293 e. The molecule has 0 unspecified atom stereocenters. The summed E-state index contributed by atoms with van der Waals surface area (Å²) in [5, 5.41) is 27.5. The first-order chi connectivity index (χ1) is 17.9. The molecule has 1 aromatic heterocycles. The molecule has 0 aliphatic carbocycles. The van der Waals surface area contributed by atoms with Gasteiger partial charge in [0.05, 0.1) is 23.7 Å². The van der Waals surface area contributed by atoms with Crippen LogP contribution in [0.5, 0.6) is 5.75 Å². The number of aromatic nitrogens is 1. The number of phenolic OH excluding ortho intramolecular Hbond substituents is 1. The molecule has 1 fully saturated rings. The monoisotopic (exact) mass is 519 g/mol. The van der Waals surface area contributed by atoms with Gasteiger partial charge in [0.25, 0.3) is 11.6 Å². The van der Waals surface area contributed by atoms with Gasteiger partial charge in [-0.3, -0.25) is 20.2 Å². The van der Waals surface area contributed by atoms with E-state index in [1.807, 2.05) is 17.0 Å². The largest absolute Gasteiger partial charge is 0.507 e. The third-order valence-electron chi connectivity index (χ3n) is 5.79. The molecule has 1 saturated heterocycles. The molecule has 5 rings (SSSR count). The Balaban J connectivity index is 1.27. The van der Waals surface area contributed by atoms with E-state index < -0.39 is 10.8 Å². The van der Waals surface area contributed by atoms with Gasteiger partial charge in [0.15, 0.2) is 10.7 Å². The lowest BCUT2D eigenvalue weighted by molar-refractivity contribution is -0.384. The number of hydrogen-bond acceptors (Lipinski definition) is 9. The number of hydrogen-bond donors (Lipinski definition) is 3. The Morgan fingerprint density at radius 1 is 1.11 bits per heavy atom. The zero-order chi connectivity index (χ0) is 25.9. The van der Waals surface area contributed by atoms with Gasteiger partial charge in [-0.05, 0) is 48.6 Å². The normalized spacial score (nSPS) is 13.4. The minimum absolute atomic E-state index is 0.0427. The number of morpholine rings is 1. The number of nitrogens with zero attached hydrogens (tertiary/aromatic N) is 3. The van der Waals surface area contributed by atoms with Crippen molar-refractivity contribution in [3.05, 3.63) is 76.3 Å². The Bertz CT molecular complexity index is 1480. The number of anilines is 2. The lowest BCUT2D eigenvalue weighted by Gasteiger charge is -2.28. The minimum Gasteiger partial charge on any atom is -0.507 e. The average molecular weight is 520 g/mol. The fourth-order valence-electron chi connectivity index (χ4n) is 4.00. The quantitative estimate of drug-likeness (QED) is 0.201. The van der Waals surface area contributed by atoms with E-state index in [1.54, 1.807) is 30.3 Å². The van der Waals surface area contributed by atoms with E-state index >= 15 is 0 Å². The number of nitrogens with one attached hydrogen (secondary N) is 2. The molecule has 1 aliphatic rings. The van der Waals surface area contributed by atoms with Crippen molar-refractivity contribution in [1.82, 2.24) is 10.3 Å². The molecule has 11 nitrogen and oxygen atoms in total. The zero-order valence-corrected chi connectivity index (χ0v) is 20.2. The van der Waals surface area contributed by atoms with E-state index in [1.165, 1.54) is 18.2 Å². The van der Waals surface area contributed by atoms with Crippen LogP contribution in [0.25, 0.3) is 22.6 Å². The first-order valence-electron chi connectivity index (χ1n) is 11.3. The first kappa shape index (κ1) is 24.2. The first-order valence-corrected chi connectivity index (χ1v) is 11.7. The number of rotatable bonds is 5. The van der Waals surface area contributed by atoms with E-state index in [0.717, 1.165) is 0 Å². The molecule has 0 bridgehead atoms. The van der Waals surface area contributed by atoms with Crippen LogP contribution in [0.2, 0.25) is 0 Å². The highest BCUT2D eigenvalue weighted by atomic mass is 32.1. The third kappa shape index (κ3) is 5.20. The number of carbonyl (C=O) groups excluding carboxylic acids is 1. The van der Waals surface area contributed by atoms with Crippen molar-refractivity contribution in [2.75, 3.05) is 36.5 Å².